The van der Waals surface area contributed by atoms with Gasteiger partial charge in [-0.2, -0.15) is 0 Å². The van der Waals surface area contributed by atoms with Gasteiger partial charge in [-0.25, -0.2) is 14.5 Å². The highest BCUT2D eigenvalue weighted by molar-refractivity contribution is 9.10. The first-order chi connectivity index (χ1) is 14.9. The van der Waals surface area contributed by atoms with Crippen LogP contribution in [0.1, 0.15) is 19.4 Å². The molecule has 2 aromatic rings. The Labute approximate surface area is 187 Å². The van der Waals surface area contributed by atoms with Gasteiger partial charge in [0.05, 0.1) is 23.4 Å². The highest BCUT2D eigenvalue weighted by atomic mass is 79.9. The predicted molar refractivity (Wildman–Crippen MR) is 118 cm³/mol. The van der Waals surface area contributed by atoms with E-state index in [1.165, 1.54) is 0 Å². The molecule has 0 radical (unpaired) electrons. The second-order valence-corrected chi connectivity index (χ2v) is 7.18. The van der Waals surface area contributed by atoms with Crippen molar-refractivity contribution in [1.82, 2.24) is 5.32 Å². The van der Waals surface area contributed by atoms with Crippen molar-refractivity contribution in [1.29, 1.82) is 0 Å². The fourth-order valence-electron chi connectivity index (χ4n) is 2.92. The summed E-state index contributed by atoms with van der Waals surface area (Å²) >= 11 is 3.41. The third-order valence-corrected chi connectivity index (χ3v) is 4.76. The molecule has 9 heteroatoms. The molecule has 0 saturated carbocycles. The molecule has 1 saturated heterocycles. The summed E-state index contributed by atoms with van der Waals surface area (Å²) in [6, 6.07) is 11.5. The number of amides is 3. The van der Waals surface area contributed by atoms with E-state index in [1.54, 1.807) is 55.5 Å². The molecule has 0 aromatic heterocycles. The average Bonchev–Trinajstić information content (AvgIpc) is 3.01. The van der Waals surface area contributed by atoms with E-state index < -0.39 is 17.9 Å². The van der Waals surface area contributed by atoms with Crippen LogP contribution in [0.15, 0.2) is 52.6 Å². The van der Waals surface area contributed by atoms with Crippen molar-refractivity contribution in [3.63, 3.8) is 0 Å². The van der Waals surface area contributed by atoms with Crippen LogP contribution in [-0.2, 0) is 14.3 Å². The van der Waals surface area contributed by atoms with Gasteiger partial charge in [-0.1, -0.05) is 18.2 Å². The van der Waals surface area contributed by atoms with E-state index in [2.05, 4.69) is 21.2 Å². The highest BCUT2D eigenvalue weighted by Crippen LogP contribution is 2.38. The molecule has 3 rings (SSSR count). The van der Waals surface area contributed by atoms with Crippen LogP contribution in [0.4, 0.5) is 10.5 Å². The molecule has 1 N–H and O–H groups in total. The molecule has 0 aliphatic carbocycles. The van der Waals surface area contributed by atoms with Gasteiger partial charge in [0.2, 0.25) is 0 Å². The first-order valence-corrected chi connectivity index (χ1v) is 10.4. The SMILES string of the molecule is CCOC(=O)COc1c(Br)cc(C=C2NC(=O)N(c3ccccc3)C2=O)cc1OCC. The van der Waals surface area contributed by atoms with E-state index in [-0.39, 0.29) is 18.9 Å². The Kier molecular flexibility index (Phi) is 7.30. The predicted octanol–water partition coefficient (Wildman–Crippen LogP) is 3.89. The number of urea groups is 1. The van der Waals surface area contributed by atoms with Crippen LogP contribution in [0.25, 0.3) is 6.08 Å². The summed E-state index contributed by atoms with van der Waals surface area (Å²) in [5, 5.41) is 2.59. The van der Waals surface area contributed by atoms with Crippen molar-refractivity contribution < 1.29 is 28.6 Å². The molecule has 0 unspecified atom stereocenters. The monoisotopic (exact) mass is 488 g/mol. The fraction of sp³-hybridized carbons (Fsp3) is 0.227. The quantitative estimate of drug-likeness (QED) is 0.344. The van der Waals surface area contributed by atoms with Gasteiger partial charge in [-0.15, -0.1) is 0 Å². The number of benzene rings is 2. The second-order valence-electron chi connectivity index (χ2n) is 6.32. The Morgan fingerprint density at radius 3 is 2.52 bits per heavy atom. The number of nitrogens with one attached hydrogen (secondary N) is 1. The summed E-state index contributed by atoms with van der Waals surface area (Å²) in [6.45, 7) is 3.87. The topological polar surface area (TPSA) is 94.2 Å². The third-order valence-electron chi connectivity index (χ3n) is 4.17. The van der Waals surface area contributed by atoms with E-state index in [0.717, 1.165) is 4.90 Å². The highest BCUT2D eigenvalue weighted by Gasteiger charge is 2.34. The number of esters is 1. The Hall–Kier alpha value is -3.33. The van der Waals surface area contributed by atoms with Crippen molar-refractivity contribution >= 4 is 45.6 Å². The van der Waals surface area contributed by atoms with Gasteiger partial charge in [0.25, 0.3) is 5.91 Å². The van der Waals surface area contributed by atoms with Gasteiger partial charge in [0.15, 0.2) is 18.1 Å². The lowest BCUT2D eigenvalue weighted by molar-refractivity contribution is -0.145. The Morgan fingerprint density at radius 1 is 1.10 bits per heavy atom. The zero-order valence-corrected chi connectivity index (χ0v) is 18.6. The summed E-state index contributed by atoms with van der Waals surface area (Å²) in [5.41, 5.74) is 1.20. The molecule has 1 aliphatic rings. The number of carbonyl (C=O) groups is 3. The van der Waals surface area contributed by atoms with Gasteiger partial charge < -0.3 is 19.5 Å². The summed E-state index contributed by atoms with van der Waals surface area (Å²) in [4.78, 5) is 37.8. The Balaban J connectivity index is 1.87. The van der Waals surface area contributed by atoms with E-state index in [9.17, 15) is 14.4 Å². The fourth-order valence-corrected chi connectivity index (χ4v) is 3.50. The lowest BCUT2D eigenvalue weighted by Crippen LogP contribution is -2.30. The largest absolute Gasteiger partial charge is 0.490 e. The van der Waals surface area contributed by atoms with E-state index in [1.807, 2.05) is 6.92 Å². The van der Waals surface area contributed by atoms with Crippen LogP contribution >= 0.6 is 15.9 Å². The number of nitrogens with zero attached hydrogens (tertiary/aromatic N) is 1. The van der Waals surface area contributed by atoms with Crippen LogP contribution < -0.4 is 19.7 Å². The molecule has 0 atom stereocenters. The van der Waals surface area contributed by atoms with Gasteiger partial charge in [-0.3, -0.25) is 4.79 Å². The molecule has 162 valence electrons. The number of carbonyl (C=O) groups excluding carboxylic acids is 3. The van der Waals surface area contributed by atoms with Crippen molar-refractivity contribution in [3.8, 4) is 11.5 Å². The molecule has 0 bridgehead atoms. The number of imide groups is 1. The van der Waals surface area contributed by atoms with Gasteiger partial charge >= 0.3 is 12.0 Å². The first kappa shape index (κ1) is 22.4. The average molecular weight is 489 g/mol. The van der Waals surface area contributed by atoms with Crippen molar-refractivity contribution in [3.05, 3.63) is 58.2 Å². The second kappa shape index (κ2) is 10.1. The molecular weight excluding hydrogens is 468 g/mol. The normalized spacial score (nSPS) is 14.5. The summed E-state index contributed by atoms with van der Waals surface area (Å²) < 4.78 is 16.6. The number of hydrogen-bond acceptors (Lipinski definition) is 6. The van der Waals surface area contributed by atoms with Crippen LogP contribution in [0.5, 0.6) is 11.5 Å². The Bertz CT molecular complexity index is 1020. The lowest BCUT2D eigenvalue weighted by atomic mass is 10.1. The maximum atomic E-state index is 12.8. The molecule has 1 aliphatic heterocycles. The smallest absolute Gasteiger partial charge is 0.344 e. The molecular formula is C22H21BrN2O6. The van der Waals surface area contributed by atoms with E-state index in [0.29, 0.717) is 33.8 Å². The number of ether oxygens (including phenoxy) is 3. The summed E-state index contributed by atoms with van der Waals surface area (Å²) in [5.74, 6) is -0.245. The minimum atomic E-state index is -0.527. The van der Waals surface area contributed by atoms with Crippen molar-refractivity contribution in [2.45, 2.75) is 13.8 Å². The lowest BCUT2D eigenvalue weighted by Gasteiger charge is -2.14. The number of para-hydroxylation sites is 1. The van der Waals surface area contributed by atoms with Crippen LogP contribution in [0, 0.1) is 0 Å². The zero-order chi connectivity index (χ0) is 22.4. The third kappa shape index (κ3) is 5.24. The standard InChI is InChI=1S/C22H21BrN2O6/c1-3-29-18-12-14(10-16(23)20(18)31-13-19(26)30-4-2)11-17-21(27)25(22(28)24-17)15-8-6-5-7-9-15/h5-12H,3-4,13H2,1-2H3,(H,24,28). The number of rotatable bonds is 8. The molecule has 2 aromatic carbocycles. The molecule has 3 amide bonds. The number of anilines is 1. The van der Waals surface area contributed by atoms with Crippen molar-refractivity contribution in [2.75, 3.05) is 24.7 Å². The van der Waals surface area contributed by atoms with Crippen LogP contribution in [0.2, 0.25) is 0 Å². The molecule has 1 fully saturated rings. The van der Waals surface area contributed by atoms with Gasteiger partial charge in [0.1, 0.15) is 5.70 Å². The van der Waals surface area contributed by atoms with Crippen molar-refractivity contribution in [2.24, 2.45) is 0 Å². The summed E-state index contributed by atoms with van der Waals surface area (Å²) in [6.07, 6.45) is 1.55. The maximum absolute atomic E-state index is 12.8. The van der Waals surface area contributed by atoms with Crippen LogP contribution in [-0.4, -0.2) is 37.7 Å². The zero-order valence-electron chi connectivity index (χ0n) is 17.0. The van der Waals surface area contributed by atoms with Crippen LogP contribution in [0.3, 0.4) is 0 Å². The summed E-state index contributed by atoms with van der Waals surface area (Å²) in [7, 11) is 0. The van der Waals surface area contributed by atoms with Gasteiger partial charge in [-0.05, 0) is 65.7 Å². The van der Waals surface area contributed by atoms with E-state index in [4.69, 9.17) is 14.2 Å². The van der Waals surface area contributed by atoms with Gasteiger partial charge in [0, 0.05) is 0 Å². The minimum absolute atomic E-state index is 0.128. The number of halogens is 1. The molecule has 8 nitrogen and oxygen atoms in total. The van der Waals surface area contributed by atoms with E-state index >= 15 is 0 Å². The Morgan fingerprint density at radius 2 is 1.84 bits per heavy atom. The molecule has 0 spiro atoms. The molecule has 1 heterocycles. The minimum Gasteiger partial charge on any atom is -0.490 e. The molecule has 31 heavy (non-hydrogen) atoms. The first-order valence-electron chi connectivity index (χ1n) is 9.61. The number of hydrogen-bond donors (Lipinski definition) is 1. The maximum Gasteiger partial charge on any atom is 0.344 e.